The Hall–Kier alpha value is -3.35. The average Bonchev–Trinajstić information content (AvgIpc) is 2.64. The lowest BCUT2D eigenvalue weighted by Gasteiger charge is -2.13. The van der Waals surface area contributed by atoms with Crippen LogP contribution in [-0.2, 0) is 0 Å². The Morgan fingerprint density at radius 2 is 1.64 bits per heavy atom. The van der Waals surface area contributed by atoms with Gasteiger partial charge in [0.15, 0.2) is 17.3 Å². The van der Waals surface area contributed by atoms with Gasteiger partial charge < -0.3 is 14.2 Å². The molecule has 0 radical (unpaired) electrons. The highest BCUT2D eigenvalue weighted by Crippen LogP contribution is 2.38. The molecule has 0 heterocycles. The third-order valence-electron chi connectivity index (χ3n) is 3.50. The topological polar surface area (TPSA) is 87.9 Å². The zero-order valence-corrected chi connectivity index (χ0v) is 14.0. The van der Waals surface area contributed by atoms with Crippen molar-refractivity contribution >= 4 is 17.5 Å². The molecule has 25 heavy (non-hydrogen) atoms. The molecule has 0 aromatic heterocycles. The van der Waals surface area contributed by atoms with E-state index < -0.39 is 4.92 Å². The van der Waals surface area contributed by atoms with Crippen molar-refractivity contribution in [3.05, 3.63) is 63.7 Å². The van der Waals surface area contributed by atoms with E-state index >= 15 is 0 Å². The zero-order chi connectivity index (χ0) is 18.4. The van der Waals surface area contributed by atoms with E-state index in [9.17, 15) is 14.9 Å². The van der Waals surface area contributed by atoms with Gasteiger partial charge in [-0.25, -0.2) is 0 Å². The van der Waals surface area contributed by atoms with Crippen LogP contribution in [0.3, 0.4) is 0 Å². The first-order chi connectivity index (χ1) is 12.0. The third-order valence-corrected chi connectivity index (χ3v) is 3.50. The van der Waals surface area contributed by atoms with E-state index in [1.807, 2.05) is 0 Å². The molecule has 0 amide bonds. The normalized spacial score (nSPS) is 10.5. The molecule has 0 unspecified atom stereocenters. The summed E-state index contributed by atoms with van der Waals surface area (Å²) in [6, 6.07) is 9.22. The van der Waals surface area contributed by atoms with Gasteiger partial charge in [-0.05, 0) is 30.4 Å². The Balaban J connectivity index is 2.37. The summed E-state index contributed by atoms with van der Waals surface area (Å²) in [6.07, 6.45) is 2.67. The van der Waals surface area contributed by atoms with Crippen LogP contribution in [-0.4, -0.2) is 32.0 Å². The van der Waals surface area contributed by atoms with Gasteiger partial charge in [0, 0.05) is 11.6 Å². The second-order valence-electron chi connectivity index (χ2n) is 4.93. The van der Waals surface area contributed by atoms with Crippen LogP contribution in [0.4, 0.5) is 5.69 Å². The maximum atomic E-state index is 12.4. The lowest BCUT2D eigenvalue weighted by Crippen LogP contribution is -2.00. The minimum atomic E-state index is -0.496. The average molecular weight is 343 g/mol. The molecule has 0 saturated carbocycles. The summed E-state index contributed by atoms with van der Waals surface area (Å²) < 4.78 is 15.6. The van der Waals surface area contributed by atoms with Gasteiger partial charge in [-0.3, -0.25) is 14.9 Å². The highest BCUT2D eigenvalue weighted by molar-refractivity contribution is 6.07. The Kier molecular flexibility index (Phi) is 5.73. The number of methoxy groups -OCH3 is 3. The monoisotopic (exact) mass is 343 g/mol. The number of carbonyl (C=O) groups is 1. The van der Waals surface area contributed by atoms with Crippen LogP contribution in [0, 0.1) is 10.1 Å². The van der Waals surface area contributed by atoms with E-state index in [2.05, 4.69) is 0 Å². The third kappa shape index (κ3) is 3.95. The fourth-order valence-corrected chi connectivity index (χ4v) is 2.28. The van der Waals surface area contributed by atoms with Crippen LogP contribution in [0.1, 0.15) is 15.9 Å². The minimum Gasteiger partial charge on any atom is -0.493 e. The van der Waals surface area contributed by atoms with E-state index in [1.54, 1.807) is 18.2 Å². The number of carbonyl (C=O) groups excluding carboxylic acids is 1. The summed E-state index contributed by atoms with van der Waals surface area (Å²) in [5, 5.41) is 11.0. The van der Waals surface area contributed by atoms with Gasteiger partial charge in [0.1, 0.15) is 0 Å². The molecular weight excluding hydrogens is 326 g/mol. The Bertz CT molecular complexity index is 803. The zero-order valence-electron chi connectivity index (χ0n) is 14.0. The number of allylic oxidation sites excluding steroid dienone is 1. The number of hydrogen-bond acceptors (Lipinski definition) is 6. The van der Waals surface area contributed by atoms with Crippen LogP contribution < -0.4 is 14.2 Å². The first kappa shape index (κ1) is 18.0. The molecule has 0 aliphatic carbocycles. The summed E-state index contributed by atoms with van der Waals surface area (Å²) in [5.41, 5.74) is 0.578. The van der Waals surface area contributed by atoms with Gasteiger partial charge in [-0.1, -0.05) is 12.1 Å². The van der Waals surface area contributed by atoms with E-state index in [0.717, 1.165) is 0 Å². The molecule has 2 rings (SSSR count). The number of ketones is 1. The molecule has 2 aromatic carbocycles. The standard InChI is InChI=1S/C18H17NO6/c1-23-16-10-13(11-17(24-2)18(16)25-3)15(20)9-8-12-6-4-5-7-14(12)19(21)22/h4-11H,1-3H3. The lowest BCUT2D eigenvalue weighted by molar-refractivity contribution is -0.385. The number of nitro groups is 1. The van der Waals surface area contributed by atoms with Gasteiger partial charge >= 0.3 is 0 Å². The number of rotatable bonds is 7. The van der Waals surface area contributed by atoms with E-state index in [0.29, 0.717) is 28.4 Å². The van der Waals surface area contributed by atoms with Crippen molar-refractivity contribution in [3.8, 4) is 17.2 Å². The molecule has 0 spiro atoms. The van der Waals surface area contributed by atoms with Crippen molar-refractivity contribution in [1.82, 2.24) is 0 Å². The van der Waals surface area contributed by atoms with Crippen LogP contribution in [0.5, 0.6) is 17.2 Å². The van der Waals surface area contributed by atoms with Crippen molar-refractivity contribution in [3.63, 3.8) is 0 Å². The second kappa shape index (κ2) is 7.96. The number of ether oxygens (including phenoxy) is 3. The smallest absolute Gasteiger partial charge is 0.276 e. The summed E-state index contributed by atoms with van der Waals surface area (Å²) in [6.45, 7) is 0. The molecule has 7 nitrogen and oxygen atoms in total. The Morgan fingerprint density at radius 1 is 1.04 bits per heavy atom. The SMILES string of the molecule is COc1cc(C(=O)C=Cc2ccccc2[N+](=O)[O-])cc(OC)c1OC. The van der Waals surface area contributed by atoms with Gasteiger partial charge in [0.25, 0.3) is 5.69 Å². The Labute approximate surface area is 144 Å². The molecule has 2 aromatic rings. The highest BCUT2D eigenvalue weighted by Gasteiger charge is 2.16. The summed E-state index contributed by atoms with van der Waals surface area (Å²) in [7, 11) is 4.37. The number of nitro benzene ring substituents is 1. The number of para-hydroxylation sites is 1. The summed E-state index contributed by atoms with van der Waals surface area (Å²) in [4.78, 5) is 22.9. The van der Waals surface area contributed by atoms with Gasteiger partial charge in [0.2, 0.25) is 5.75 Å². The van der Waals surface area contributed by atoms with E-state index in [4.69, 9.17) is 14.2 Å². The maximum Gasteiger partial charge on any atom is 0.276 e. The fraction of sp³-hybridized carbons (Fsp3) is 0.167. The maximum absolute atomic E-state index is 12.4. The highest BCUT2D eigenvalue weighted by atomic mass is 16.6. The molecule has 0 saturated heterocycles. The summed E-state index contributed by atoms with van der Waals surface area (Å²) >= 11 is 0. The molecule has 130 valence electrons. The van der Waals surface area contributed by atoms with E-state index in [1.165, 1.54) is 51.7 Å². The van der Waals surface area contributed by atoms with Gasteiger partial charge in [0.05, 0.1) is 31.8 Å². The van der Waals surface area contributed by atoms with Crippen molar-refractivity contribution in [2.24, 2.45) is 0 Å². The summed E-state index contributed by atoms with van der Waals surface area (Å²) in [5.74, 6) is 0.732. The molecule has 0 fully saturated rings. The first-order valence-corrected chi connectivity index (χ1v) is 7.27. The first-order valence-electron chi connectivity index (χ1n) is 7.27. The lowest BCUT2D eigenvalue weighted by atomic mass is 10.1. The fourth-order valence-electron chi connectivity index (χ4n) is 2.28. The number of hydrogen-bond donors (Lipinski definition) is 0. The van der Waals surface area contributed by atoms with Crippen LogP contribution in [0.25, 0.3) is 6.08 Å². The van der Waals surface area contributed by atoms with E-state index in [-0.39, 0.29) is 11.5 Å². The molecule has 0 aliphatic rings. The molecular formula is C18H17NO6. The quantitative estimate of drug-likeness (QED) is 0.331. The molecule has 0 N–H and O–H groups in total. The molecule has 0 aliphatic heterocycles. The number of benzene rings is 2. The van der Waals surface area contributed by atoms with Crippen LogP contribution in [0.15, 0.2) is 42.5 Å². The molecule has 7 heteroatoms. The van der Waals surface area contributed by atoms with Gasteiger partial charge in [-0.15, -0.1) is 0 Å². The predicted molar refractivity (Wildman–Crippen MR) is 92.6 cm³/mol. The van der Waals surface area contributed by atoms with Crippen LogP contribution >= 0.6 is 0 Å². The van der Waals surface area contributed by atoms with Crippen molar-refractivity contribution in [2.45, 2.75) is 0 Å². The van der Waals surface area contributed by atoms with Crippen molar-refractivity contribution in [1.29, 1.82) is 0 Å². The van der Waals surface area contributed by atoms with Crippen molar-refractivity contribution in [2.75, 3.05) is 21.3 Å². The van der Waals surface area contributed by atoms with Crippen LogP contribution in [0.2, 0.25) is 0 Å². The Morgan fingerprint density at radius 3 is 2.16 bits per heavy atom. The largest absolute Gasteiger partial charge is 0.493 e. The van der Waals surface area contributed by atoms with Crippen molar-refractivity contribution < 1.29 is 23.9 Å². The predicted octanol–water partition coefficient (Wildman–Crippen LogP) is 3.52. The minimum absolute atomic E-state index is 0.0727. The van der Waals surface area contributed by atoms with Gasteiger partial charge in [-0.2, -0.15) is 0 Å². The molecule has 0 atom stereocenters. The number of nitrogens with zero attached hydrogens (tertiary/aromatic N) is 1. The molecule has 0 bridgehead atoms. The second-order valence-corrected chi connectivity index (χ2v) is 4.93.